The average molecular weight is 476 g/mol. The lowest BCUT2D eigenvalue weighted by Crippen LogP contribution is -2.38. The smallest absolute Gasteiger partial charge is 0.222 e. The van der Waals surface area contributed by atoms with Gasteiger partial charge in [-0.2, -0.15) is 0 Å². The molecule has 35 heavy (non-hydrogen) atoms. The Hall–Kier alpha value is -2.91. The monoisotopic (exact) mass is 475 g/mol. The van der Waals surface area contributed by atoms with Gasteiger partial charge in [-0.05, 0) is 57.4 Å². The first kappa shape index (κ1) is 30.1. The molecule has 0 aromatic heterocycles. The van der Waals surface area contributed by atoms with E-state index in [0.29, 0.717) is 12.8 Å². The molecule has 0 radical (unpaired) electrons. The van der Waals surface area contributed by atoms with Gasteiger partial charge in [0.05, 0.1) is 12.1 Å². The number of benzene rings is 1. The summed E-state index contributed by atoms with van der Waals surface area (Å²) in [4.78, 5) is 14.1. The van der Waals surface area contributed by atoms with Crippen LogP contribution in [-0.4, -0.2) is 29.0 Å². The third-order valence-corrected chi connectivity index (χ3v) is 5.72. The zero-order chi connectivity index (χ0) is 25.6. The standard InChI is InChI=1S/C32H45NO2/c1-4-5-6-7-8-9-10-11-12-13-14-15-16-17-18-19-20-21-25-28-31(34)33(3)29(2)32(35)30-26-23-22-24-27-30/h5-6,8-9,11-12,14-15,17-18,20-24,26-27,29,32,35H,4,7,10,13,16,19,25,28H2,1-3H3. The van der Waals surface area contributed by atoms with Crippen LogP contribution < -0.4 is 0 Å². The first-order chi connectivity index (χ1) is 17.1. The van der Waals surface area contributed by atoms with Crippen molar-refractivity contribution in [3.05, 3.63) is 109 Å². The van der Waals surface area contributed by atoms with E-state index in [9.17, 15) is 9.90 Å². The number of likely N-dealkylation sites (N-methyl/N-ethyl adjacent to an activating group) is 1. The molecule has 0 spiro atoms. The summed E-state index contributed by atoms with van der Waals surface area (Å²) in [7, 11) is 1.76. The minimum atomic E-state index is -0.684. The van der Waals surface area contributed by atoms with Crippen molar-refractivity contribution in [2.75, 3.05) is 7.05 Å². The number of allylic oxidation sites excluding steroid dienone is 12. The molecule has 190 valence electrons. The van der Waals surface area contributed by atoms with Crippen molar-refractivity contribution in [1.29, 1.82) is 0 Å². The summed E-state index contributed by atoms with van der Waals surface area (Å²) in [5, 5.41) is 10.5. The highest BCUT2D eigenvalue weighted by Gasteiger charge is 2.23. The summed E-state index contributed by atoms with van der Waals surface area (Å²) in [5.41, 5.74) is 0.830. The van der Waals surface area contributed by atoms with Crippen LogP contribution in [0.2, 0.25) is 0 Å². The molecule has 1 rings (SSSR count). The molecule has 1 aromatic carbocycles. The van der Waals surface area contributed by atoms with E-state index in [2.05, 4.69) is 79.8 Å². The molecule has 3 nitrogen and oxygen atoms in total. The quantitative estimate of drug-likeness (QED) is 0.232. The van der Waals surface area contributed by atoms with Crippen LogP contribution in [-0.2, 0) is 4.79 Å². The van der Waals surface area contributed by atoms with Gasteiger partial charge in [0.2, 0.25) is 5.91 Å². The summed E-state index contributed by atoms with van der Waals surface area (Å²) in [5.74, 6) is 0.0482. The van der Waals surface area contributed by atoms with Gasteiger partial charge in [-0.1, -0.05) is 110 Å². The lowest BCUT2D eigenvalue weighted by atomic mass is 10.0. The third-order valence-electron chi connectivity index (χ3n) is 5.72. The van der Waals surface area contributed by atoms with E-state index in [1.54, 1.807) is 11.9 Å². The Balaban J connectivity index is 2.12. The Kier molecular flexibility index (Phi) is 17.6. The lowest BCUT2D eigenvalue weighted by molar-refractivity contribution is -0.133. The number of rotatable bonds is 17. The van der Waals surface area contributed by atoms with Crippen LogP contribution in [0.5, 0.6) is 0 Å². The second kappa shape index (κ2) is 20.5. The summed E-state index contributed by atoms with van der Waals surface area (Å²) >= 11 is 0. The Bertz CT molecular complexity index is 846. The van der Waals surface area contributed by atoms with Gasteiger partial charge in [0.25, 0.3) is 0 Å². The third kappa shape index (κ3) is 14.9. The van der Waals surface area contributed by atoms with Gasteiger partial charge in [-0.25, -0.2) is 0 Å². The van der Waals surface area contributed by atoms with Gasteiger partial charge >= 0.3 is 0 Å². The molecular formula is C32H45NO2. The molecule has 0 aliphatic carbocycles. The maximum absolute atomic E-state index is 12.5. The number of carbonyl (C=O) groups is 1. The number of aliphatic hydroxyl groups is 1. The van der Waals surface area contributed by atoms with Crippen molar-refractivity contribution in [1.82, 2.24) is 4.90 Å². The Labute approximate surface area is 213 Å². The van der Waals surface area contributed by atoms with E-state index in [-0.39, 0.29) is 11.9 Å². The van der Waals surface area contributed by atoms with Crippen LogP contribution >= 0.6 is 0 Å². The zero-order valence-corrected chi connectivity index (χ0v) is 21.9. The second-order valence-corrected chi connectivity index (χ2v) is 8.55. The van der Waals surface area contributed by atoms with E-state index < -0.39 is 6.10 Å². The highest BCUT2D eigenvalue weighted by atomic mass is 16.3. The molecule has 1 N–H and O–H groups in total. The van der Waals surface area contributed by atoms with Gasteiger partial charge in [-0.15, -0.1) is 0 Å². The highest BCUT2D eigenvalue weighted by Crippen LogP contribution is 2.20. The van der Waals surface area contributed by atoms with Gasteiger partial charge in [-0.3, -0.25) is 4.79 Å². The predicted molar refractivity (Wildman–Crippen MR) is 151 cm³/mol. The molecule has 0 fully saturated rings. The van der Waals surface area contributed by atoms with Crippen molar-refractivity contribution < 1.29 is 9.90 Å². The van der Waals surface area contributed by atoms with Crippen molar-refractivity contribution in [3.63, 3.8) is 0 Å². The topological polar surface area (TPSA) is 40.5 Å². The molecule has 1 amide bonds. The van der Waals surface area contributed by atoms with E-state index in [4.69, 9.17) is 0 Å². The summed E-state index contributed by atoms with van der Waals surface area (Å²) in [6.45, 7) is 4.03. The Morgan fingerprint density at radius 2 is 1.20 bits per heavy atom. The molecule has 0 heterocycles. The van der Waals surface area contributed by atoms with Crippen molar-refractivity contribution in [2.24, 2.45) is 0 Å². The molecule has 0 aliphatic heterocycles. The van der Waals surface area contributed by atoms with E-state index >= 15 is 0 Å². The number of carbonyl (C=O) groups excluding carboxylic acids is 1. The SMILES string of the molecule is CCC=CCC=CCC=CCC=CCC=CCC=CCCC(=O)N(C)C(C)C(O)c1ccccc1. The molecule has 0 saturated carbocycles. The molecule has 0 saturated heterocycles. The van der Waals surface area contributed by atoms with Crippen LogP contribution in [0.25, 0.3) is 0 Å². The predicted octanol–water partition coefficient (Wildman–Crippen LogP) is 8.04. The van der Waals surface area contributed by atoms with Gasteiger partial charge < -0.3 is 10.0 Å². The minimum absolute atomic E-state index is 0.0482. The maximum atomic E-state index is 12.5. The summed E-state index contributed by atoms with van der Waals surface area (Å²) < 4.78 is 0. The van der Waals surface area contributed by atoms with Crippen molar-refractivity contribution in [3.8, 4) is 0 Å². The van der Waals surface area contributed by atoms with Crippen molar-refractivity contribution in [2.45, 2.75) is 77.4 Å². The molecule has 2 atom stereocenters. The molecule has 0 aliphatic rings. The van der Waals surface area contributed by atoms with Crippen molar-refractivity contribution >= 4 is 5.91 Å². The highest BCUT2D eigenvalue weighted by molar-refractivity contribution is 5.76. The Morgan fingerprint density at radius 3 is 1.66 bits per heavy atom. The lowest BCUT2D eigenvalue weighted by Gasteiger charge is -2.29. The fraction of sp³-hybridized carbons (Fsp3) is 0.406. The van der Waals surface area contributed by atoms with Gasteiger partial charge in [0.1, 0.15) is 0 Å². The molecule has 0 bridgehead atoms. The van der Waals surface area contributed by atoms with Gasteiger partial charge in [0.15, 0.2) is 0 Å². The van der Waals surface area contributed by atoms with Crippen LogP contribution in [0.4, 0.5) is 0 Å². The summed E-state index contributed by atoms with van der Waals surface area (Å²) in [6.07, 6.45) is 32.5. The minimum Gasteiger partial charge on any atom is -0.386 e. The number of aliphatic hydroxyl groups excluding tert-OH is 1. The van der Waals surface area contributed by atoms with E-state index in [0.717, 1.165) is 44.1 Å². The van der Waals surface area contributed by atoms with E-state index in [1.165, 1.54) is 0 Å². The van der Waals surface area contributed by atoms with Crippen LogP contribution in [0, 0.1) is 0 Å². The molecular weight excluding hydrogens is 430 g/mol. The Morgan fingerprint density at radius 1 is 0.771 bits per heavy atom. The first-order valence-electron chi connectivity index (χ1n) is 13.0. The van der Waals surface area contributed by atoms with Crippen LogP contribution in [0.3, 0.4) is 0 Å². The summed E-state index contributed by atoms with van der Waals surface area (Å²) in [6, 6.07) is 9.22. The zero-order valence-electron chi connectivity index (χ0n) is 21.9. The number of hydrogen-bond donors (Lipinski definition) is 1. The normalized spacial score (nSPS) is 14.4. The van der Waals surface area contributed by atoms with Crippen LogP contribution in [0.15, 0.2) is 103 Å². The maximum Gasteiger partial charge on any atom is 0.222 e. The number of amides is 1. The fourth-order valence-electron chi connectivity index (χ4n) is 3.39. The first-order valence-corrected chi connectivity index (χ1v) is 13.0. The average Bonchev–Trinajstić information content (AvgIpc) is 2.89. The molecule has 2 unspecified atom stereocenters. The molecule has 1 aromatic rings. The van der Waals surface area contributed by atoms with E-state index in [1.807, 2.05) is 37.3 Å². The second-order valence-electron chi connectivity index (χ2n) is 8.55. The fourth-order valence-corrected chi connectivity index (χ4v) is 3.39. The molecule has 3 heteroatoms. The van der Waals surface area contributed by atoms with Gasteiger partial charge in [0, 0.05) is 13.5 Å². The number of hydrogen-bond acceptors (Lipinski definition) is 2. The largest absolute Gasteiger partial charge is 0.386 e. The number of nitrogens with zero attached hydrogens (tertiary/aromatic N) is 1. The van der Waals surface area contributed by atoms with Crippen LogP contribution in [0.1, 0.15) is 76.9 Å².